The number of hydrogen-bond donors (Lipinski definition) is 0. The molecule has 172 valence electrons. The van der Waals surface area contributed by atoms with Crippen LogP contribution in [0.2, 0.25) is 0 Å². The Kier molecular flexibility index (Phi) is 5.47. The van der Waals surface area contributed by atoms with E-state index in [-0.39, 0.29) is 10.2 Å². The number of aromatic nitrogens is 4. The van der Waals surface area contributed by atoms with E-state index in [2.05, 4.69) is 14.8 Å². The Morgan fingerprint density at radius 2 is 1.72 bits per heavy atom. The first kappa shape index (κ1) is 23.1. The van der Waals surface area contributed by atoms with Gasteiger partial charge in [0.05, 0.1) is 24.4 Å². The van der Waals surface area contributed by atoms with Crippen LogP contribution in [0.4, 0.5) is 35.1 Å². The van der Waals surface area contributed by atoms with Gasteiger partial charge in [-0.15, -0.1) is 0 Å². The number of methoxy groups -OCH3 is 1. The quantitative estimate of drug-likeness (QED) is 0.431. The molecule has 3 aromatic heterocycles. The van der Waals surface area contributed by atoms with Crippen molar-refractivity contribution in [3.8, 4) is 11.1 Å². The van der Waals surface area contributed by atoms with Gasteiger partial charge >= 0.3 is 24.2 Å². The number of ether oxygens (including phenoxy) is 1. The number of carbonyl (C=O) groups excluding carboxylic acids is 1. The molecule has 0 unspecified atom stereocenters. The van der Waals surface area contributed by atoms with Crippen molar-refractivity contribution in [2.75, 3.05) is 7.11 Å². The van der Waals surface area contributed by atoms with Crippen LogP contribution in [0.1, 0.15) is 16.1 Å². The Bertz CT molecular complexity index is 1240. The molecule has 3 rings (SSSR count). The van der Waals surface area contributed by atoms with Crippen LogP contribution < -0.4 is 5.56 Å². The third kappa shape index (κ3) is 4.13. The zero-order valence-corrected chi connectivity index (χ0v) is 15.6. The van der Waals surface area contributed by atoms with Crippen molar-refractivity contribution in [1.29, 1.82) is 0 Å². The van der Waals surface area contributed by atoms with Crippen LogP contribution >= 0.6 is 0 Å². The summed E-state index contributed by atoms with van der Waals surface area (Å²) in [6.07, 6.45) is -9.31. The van der Waals surface area contributed by atoms with E-state index in [1.165, 1.54) is 0 Å². The van der Waals surface area contributed by atoms with Gasteiger partial charge in [-0.05, 0) is 12.1 Å². The first-order chi connectivity index (χ1) is 14.7. The zero-order valence-electron chi connectivity index (χ0n) is 15.6. The molecule has 7 nitrogen and oxygen atoms in total. The largest absolute Gasteiger partial charge is 0.465 e. The van der Waals surface area contributed by atoms with Crippen molar-refractivity contribution in [2.24, 2.45) is 0 Å². The molecule has 15 heteroatoms. The number of carbonyl (C=O) groups is 1. The predicted molar refractivity (Wildman–Crippen MR) is 90.0 cm³/mol. The molecule has 3 aromatic rings. The fourth-order valence-corrected chi connectivity index (χ4v) is 2.72. The number of pyridine rings is 1. The summed E-state index contributed by atoms with van der Waals surface area (Å²) in [4.78, 5) is 27.8. The first-order valence-corrected chi connectivity index (χ1v) is 8.35. The Balaban J connectivity index is 2.21. The highest BCUT2D eigenvalue weighted by molar-refractivity contribution is 5.89. The van der Waals surface area contributed by atoms with Gasteiger partial charge in [0.1, 0.15) is 12.2 Å². The highest BCUT2D eigenvalue weighted by Gasteiger charge is 2.57. The number of hydrogen-bond acceptors (Lipinski definition) is 5. The molecule has 32 heavy (non-hydrogen) atoms. The van der Waals surface area contributed by atoms with Crippen molar-refractivity contribution in [3.63, 3.8) is 0 Å². The van der Waals surface area contributed by atoms with E-state index in [0.29, 0.717) is 16.8 Å². The van der Waals surface area contributed by atoms with Gasteiger partial charge < -0.3 is 4.74 Å². The van der Waals surface area contributed by atoms with Crippen LogP contribution in [0, 0.1) is 0 Å². The number of esters is 1. The van der Waals surface area contributed by atoms with Gasteiger partial charge in [-0.3, -0.25) is 13.9 Å². The van der Waals surface area contributed by atoms with E-state index in [1.54, 1.807) is 0 Å². The smallest absolute Gasteiger partial charge is 0.455 e. The standard InChI is InChI=1S/C17H10F8N4O3/c1-32-14(31)8-2-3-10-27-12(16(20,21)22)11(13(30)29(10)6-8)9-4-26-28(5-9)7-15(18,19)17(23,24)25/h2-6H,7H2,1H3. The number of nitrogens with zero attached hydrogens (tertiary/aromatic N) is 4. The van der Waals surface area contributed by atoms with Crippen molar-refractivity contribution in [3.05, 3.63) is 52.3 Å². The topological polar surface area (TPSA) is 78.5 Å². The minimum atomic E-state index is -5.93. The van der Waals surface area contributed by atoms with Gasteiger partial charge in [-0.1, -0.05) is 0 Å². The summed E-state index contributed by atoms with van der Waals surface area (Å²) in [6.45, 7) is -2.02. The molecule has 0 saturated carbocycles. The minimum absolute atomic E-state index is 0.0577. The molecule has 0 aliphatic heterocycles. The summed E-state index contributed by atoms with van der Waals surface area (Å²) < 4.78 is 109. The summed E-state index contributed by atoms with van der Waals surface area (Å²) >= 11 is 0. The zero-order chi connectivity index (χ0) is 24.1. The summed E-state index contributed by atoms with van der Waals surface area (Å²) in [5.74, 6) is -6.14. The van der Waals surface area contributed by atoms with Crippen LogP contribution in [-0.4, -0.2) is 44.3 Å². The monoisotopic (exact) mass is 470 g/mol. The van der Waals surface area contributed by atoms with Crippen LogP contribution in [0.15, 0.2) is 35.5 Å². The van der Waals surface area contributed by atoms with Crippen LogP contribution in [0.25, 0.3) is 16.8 Å². The lowest BCUT2D eigenvalue weighted by Gasteiger charge is -2.19. The Morgan fingerprint density at radius 3 is 2.28 bits per heavy atom. The second-order valence-electron chi connectivity index (χ2n) is 6.40. The number of rotatable bonds is 4. The van der Waals surface area contributed by atoms with Crippen molar-refractivity contribution < 1.29 is 44.7 Å². The third-order valence-electron chi connectivity index (χ3n) is 4.21. The highest BCUT2D eigenvalue weighted by Crippen LogP contribution is 2.37. The normalized spacial score (nSPS) is 12.9. The maximum atomic E-state index is 13.6. The Morgan fingerprint density at radius 1 is 1.06 bits per heavy atom. The summed E-state index contributed by atoms with van der Waals surface area (Å²) in [5, 5.41) is 3.21. The van der Waals surface area contributed by atoms with Gasteiger partial charge in [-0.25, -0.2) is 9.78 Å². The summed E-state index contributed by atoms with van der Waals surface area (Å²) in [6, 6.07) is 2.00. The number of fused-ring (bicyclic) bond motifs is 1. The lowest BCUT2D eigenvalue weighted by molar-refractivity contribution is -0.287. The Labute approximate surface area is 171 Å². The van der Waals surface area contributed by atoms with E-state index < -0.39 is 58.8 Å². The minimum Gasteiger partial charge on any atom is -0.465 e. The SMILES string of the molecule is COC(=O)c1ccc2nc(C(F)(F)F)c(-c3cnn(CC(F)(F)C(F)(F)F)c3)c(=O)n2c1. The summed E-state index contributed by atoms with van der Waals surface area (Å²) in [7, 11) is 1.02. The molecule has 0 amide bonds. The molecule has 0 aliphatic carbocycles. The van der Waals surface area contributed by atoms with E-state index in [9.17, 15) is 44.7 Å². The molecule has 0 N–H and O–H groups in total. The molecule has 0 bridgehead atoms. The van der Waals surface area contributed by atoms with Gasteiger partial charge in [0, 0.05) is 18.0 Å². The lowest BCUT2D eigenvalue weighted by atomic mass is 10.1. The maximum Gasteiger partial charge on any atom is 0.455 e. The molecular weight excluding hydrogens is 460 g/mol. The molecule has 0 spiro atoms. The summed E-state index contributed by atoms with van der Waals surface area (Å²) in [5.41, 5.74) is -5.65. The van der Waals surface area contributed by atoms with Crippen LogP contribution in [-0.2, 0) is 17.5 Å². The highest BCUT2D eigenvalue weighted by atomic mass is 19.4. The van der Waals surface area contributed by atoms with E-state index in [4.69, 9.17) is 0 Å². The van der Waals surface area contributed by atoms with Crippen LogP contribution in [0.5, 0.6) is 0 Å². The number of halogens is 8. The number of alkyl halides is 8. The fourth-order valence-electron chi connectivity index (χ4n) is 2.72. The molecule has 0 aliphatic rings. The van der Waals surface area contributed by atoms with E-state index in [0.717, 1.165) is 25.4 Å². The lowest BCUT2D eigenvalue weighted by Crippen LogP contribution is -2.40. The van der Waals surface area contributed by atoms with Crippen molar-refractivity contribution in [2.45, 2.75) is 24.8 Å². The molecule has 3 heterocycles. The van der Waals surface area contributed by atoms with Crippen molar-refractivity contribution >= 4 is 11.6 Å². The van der Waals surface area contributed by atoms with Crippen molar-refractivity contribution in [1.82, 2.24) is 19.2 Å². The molecule has 0 saturated heterocycles. The molecular formula is C17H10F8N4O3. The molecule has 0 aromatic carbocycles. The van der Waals surface area contributed by atoms with Gasteiger partial charge in [-0.2, -0.15) is 40.2 Å². The van der Waals surface area contributed by atoms with E-state index >= 15 is 0 Å². The molecule has 0 fully saturated rings. The maximum absolute atomic E-state index is 13.6. The second-order valence-corrected chi connectivity index (χ2v) is 6.40. The van der Waals surface area contributed by atoms with Crippen LogP contribution in [0.3, 0.4) is 0 Å². The van der Waals surface area contributed by atoms with Gasteiger partial charge in [0.15, 0.2) is 5.69 Å². The first-order valence-electron chi connectivity index (χ1n) is 8.35. The van der Waals surface area contributed by atoms with Gasteiger partial charge in [0.2, 0.25) is 0 Å². The predicted octanol–water partition coefficient (Wildman–Crippen LogP) is 3.56. The Hall–Kier alpha value is -3.52. The molecule has 0 radical (unpaired) electrons. The van der Waals surface area contributed by atoms with E-state index in [1.807, 2.05) is 0 Å². The van der Waals surface area contributed by atoms with Gasteiger partial charge in [0.25, 0.3) is 5.56 Å². The average Bonchev–Trinajstić information content (AvgIpc) is 3.12. The molecule has 0 atom stereocenters. The average molecular weight is 470 g/mol. The third-order valence-corrected chi connectivity index (χ3v) is 4.21. The fraction of sp³-hybridized carbons (Fsp3) is 0.294. The second kappa shape index (κ2) is 7.56.